The lowest BCUT2D eigenvalue weighted by Gasteiger charge is -2.23. The predicted octanol–water partition coefficient (Wildman–Crippen LogP) is 0.988. The van der Waals surface area contributed by atoms with E-state index >= 15 is 0 Å². The van der Waals surface area contributed by atoms with Crippen molar-refractivity contribution < 1.29 is 19.5 Å². The van der Waals surface area contributed by atoms with E-state index in [2.05, 4.69) is 16.0 Å². The van der Waals surface area contributed by atoms with Gasteiger partial charge in [-0.3, -0.25) is 14.4 Å². The number of hydrogen-bond donors (Lipinski definition) is 4. The van der Waals surface area contributed by atoms with Crippen LogP contribution >= 0.6 is 0 Å². The van der Waals surface area contributed by atoms with Crippen LogP contribution in [0.5, 0.6) is 0 Å². The van der Waals surface area contributed by atoms with Gasteiger partial charge in [0.15, 0.2) is 0 Å². The molecule has 1 heterocycles. The molecular formula is C22H29N3O4. The fraction of sp³-hybridized carbons (Fsp3) is 0.500. The maximum atomic E-state index is 12.8. The van der Waals surface area contributed by atoms with Crippen LogP contribution in [0.15, 0.2) is 36.4 Å². The lowest BCUT2D eigenvalue weighted by molar-refractivity contribution is -0.128. The molecule has 7 heteroatoms. The molecule has 0 unspecified atom stereocenters. The molecule has 1 aromatic carbocycles. The summed E-state index contributed by atoms with van der Waals surface area (Å²) in [5.41, 5.74) is 0.904. The maximum Gasteiger partial charge on any atom is 0.244 e. The number of rotatable bonds is 10. The third kappa shape index (κ3) is 6.71. The zero-order chi connectivity index (χ0) is 20.6. The quantitative estimate of drug-likeness (QED) is 0.440. The molecule has 1 aliphatic heterocycles. The summed E-state index contributed by atoms with van der Waals surface area (Å²) in [6.07, 6.45) is 6.94. The van der Waals surface area contributed by atoms with Crippen LogP contribution in [0, 0.1) is 11.8 Å². The Balaban J connectivity index is 1.56. The van der Waals surface area contributed by atoms with E-state index in [1.165, 1.54) is 6.08 Å². The number of nitrogens with one attached hydrogen (secondary N) is 3. The lowest BCUT2D eigenvalue weighted by atomic mass is 9.98. The SMILES string of the molecule is O=C(/C=C/c1ccccc1)N[C@@H](CC1CC1)C(=O)N[C@H](CO)C[C@@H]1CCNC1=O. The van der Waals surface area contributed by atoms with Gasteiger partial charge in [0, 0.05) is 18.5 Å². The van der Waals surface area contributed by atoms with Crippen LogP contribution in [0.25, 0.3) is 6.08 Å². The molecule has 2 aliphatic rings. The largest absolute Gasteiger partial charge is 0.394 e. The third-order valence-corrected chi connectivity index (χ3v) is 5.42. The number of aliphatic hydroxyl groups is 1. The first-order valence-electron chi connectivity index (χ1n) is 10.3. The van der Waals surface area contributed by atoms with Gasteiger partial charge < -0.3 is 21.1 Å². The number of aliphatic hydroxyl groups excluding tert-OH is 1. The highest BCUT2D eigenvalue weighted by Crippen LogP contribution is 2.33. The summed E-state index contributed by atoms with van der Waals surface area (Å²) >= 11 is 0. The van der Waals surface area contributed by atoms with Crippen molar-refractivity contribution in [3.05, 3.63) is 42.0 Å². The molecule has 7 nitrogen and oxygen atoms in total. The molecule has 3 amide bonds. The number of benzene rings is 1. The molecule has 1 saturated carbocycles. The highest BCUT2D eigenvalue weighted by atomic mass is 16.3. The zero-order valence-corrected chi connectivity index (χ0v) is 16.5. The van der Waals surface area contributed by atoms with Crippen molar-refractivity contribution >= 4 is 23.8 Å². The Morgan fingerprint density at radius 2 is 1.90 bits per heavy atom. The van der Waals surface area contributed by atoms with Crippen molar-refractivity contribution in [1.82, 2.24) is 16.0 Å². The molecule has 156 valence electrons. The molecule has 3 rings (SSSR count). The van der Waals surface area contributed by atoms with Crippen LogP contribution < -0.4 is 16.0 Å². The summed E-state index contributed by atoms with van der Waals surface area (Å²) < 4.78 is 0. The molecule has 1 aromatic rings. The molecular weight excluding hydrogens is 370 g/mol. The standard InChI is InChI=1S/C22H29N3O4/c26-14-18(13-17-10-11-23-21(17)28)24-22(29)19(12-16-6-7-16)25-20(27)9-8-15-4-2-1-3-5-15/h1-5,8-9,16-19,26H,6-7,10-14H2,(H,23,28)(H,24,29)(H,25,27)/b9-8+/t17-,18-,19-/m0/s1. The second kappa shape index (κ2) is 10.2. The molecule has 1 saturated heterocycles. The minimum atomic E-state index is -0.651. The van der Waals surface area contributed by atoms with E-state index in [0.717, 1.165) is 18.4 Å². The van der Waals surface area contributed by atoms with Gasteiger partial charge in [0.1, 0.15) is 6.04 Å². The van der Waals surface area contributed by atoms with E-state index in [9.17, 15) is 19.5 Å². The van der Waals surface area contributed by atoms with E-state index in [4.69, 9.17) is 0 Å². The summed E-state index contributed by atoms with van der Waals surface area (Å²) in [7, 11) is 0. The molecule has 0 spiro atoms. The van der Waals surface area contributed by atoms with Crippen molar-refractivity contribution in [2.75, 3.05) is 13.2 Å². The number of hydrogen-bond acceptors (Lipinski definition) is 4. The lowest BCUT2D eigenvalue weighted by Crippen LogP contribution is -2.51. The van der Waals surface area contributed by atoms with Crippen molar-refractivity contribution in [2.24, 2.45) is 11.8 Å². The molecule has 0 bridgehead atoms. The normalized spacial score (nSPS) is 20.9. The van der Waals surface area contributed by atoms with Crippen molar-refractivity contribution in [3.8, 4) is 0 Å². The minimum absolute atomic E-state index is 0.0356. The molecule has 3 atom stereocenters. The Labute approximate surface area is 170 Å². The predicted molar refractivity (Wildman–Crippen MR) is 109 cm³/mol. The molecule has 4 N–H and O–H groups in total. The second-order valence-corrected chi connectivity index (χ2v) is 7.88. The van der Waals surface area contributed by atoms with E-state index in [1.807, 2.05) is 30.3 Å². The summed E-state index contributed by atoms with van der Waals surface area (Å²) in [5.74, 6) is -0.428. The molecule has 2 fully saturated rings. The van der Waals surface area contributed by atoms with Gasteiger partial charge in [0.05, 0.1) is 12.6 Å². The first kappa shape index (κ1) is 21.0. The van der Waals surface area contributed by atoms with Gasteiger partial charge in [-0.2, -0.15) is 0 Å². The Hall–Kier alpha value is -2.67. The van der Waals surface area contributed by atoms with Crippen molar-refractivity contribution in [1.29, 1.82) is 0 Å². The van der Waals surface area contributed by atoms with Crippen LogP contribution in [0.4, 0.5) is 0 Å². The van der Waals surface area contributed by atoms with Crippen LogP contribution in [0.3, 0.4) is 0 Å². The van der Waals surface area contributed by atoms with Crippen LogP contribution in [0.1, 0.15) is 37.7 Å². The molecule has 29 heavy (non-hydrogen) atoms. The van der Waals surface area contributed by atoms with Crippen molar-refractivity contribution in [2.45, 2.75) is 44.2 Å². The maximum absolute atomic E-state index is 12.8. The number of amides is 3. The second-order valence-electron chi connectivity index (χ2n) is 7.88. The Kier molecular flexibility index (Phi) is 7.41. The topological polar surface area (TPSA) is 108 Å². The molecule has 0 aromatic heterocycles. The smallest absolute Gasteiger partial charge is 0.244 e. The average Bonchev–Trinajstić information content (AvgIpc) is 3.46. The summed E-state index contributed by atoms with van der Waals surface area (Å²) in [5, 5.41) is 18.0. The average molecular weight is 399 g/mol. The Morgan fingerprint density at radius 3 is 2.52 bits per heavy atom. The Bertz CT molecular complexity index is 746. The van der Waals surface area contributed by atoms with Gasteiger partial charge in [-0.25, -0.2) is 0 Å². The van der Waals surface area contributed by atoms with E-state index in [1.54, 1.807) is 6.08 Å². The van der Waals surface area contributed by atoms with Gasteiger partial charge in [-0.1, -0.05) is 43.2 Å². The zero-order valence-electron chi connectivity index (χ0n) is 16.5. The highest BCUT2D eigenvalue weighted by Gasteiger charge is 2.32. The van der Waals surface area contributed by atoms with Crippen molar-refractivity contribution in [3.63, 3.8) is 0 Å². The summed E-state index contributed by atoms with van der Waals surface area (Å²) in [4.78, 5) is 36.9. The molecule has 0 radical (unpaired) electrons. The fourth-order valence-corrected chi connectivity index (χ4v) is 3.57. The van der Waals surface area contributed by atoms with Gasteiger partial charge in [-0.05, 0) is 36.8 Å². The van der Waals surface area contributed by atoms with Crippen LogP contribution in [0.2, 0.25) is 0 Å². The van der Waals surface area contributed by atoms with Gasteiger partial charge in [-0.15, -0.1) is 0 Å². The summed E-state index contributed by atoms with van der Waals surface area (Å²) in [6, 6.07) is 8.31. The van der Waals surface area contributed by atoms with Gasteiger partial charge in [0.2, 0.25) is 17.7 Å². The Morgan fingerprint density at radius 1 is 1.14 bits per heavy atom. The van der Waals surface area contributed by atoms with Gasteiger partial charge >= 0.3 is 0 Å². The van der Waals surface area contributed by atoms with Gasteiger partial charge in [0.25, 0.3) is 0 Å². The number of carbonyl (C=O) groups excluding carboxylic acids is 3. The van der Waals surface area contributed by atoms with E-state index in [-0.39, 0.29) is 30.2 Å². The minimum Gasteiger partial charge on any atom is -0.394 e. The summed E-state index contributed by atoms with van der Waals surface area (Å²) in [6.45, 7) is 0.386. The highest BCUT2D eigenvalue weighted by molar-refractivity contribution is 5.95. The fourth-order valence-electron chi connectivity index (χ4n) is 3.57. The van der Waals surface area contributed by atoms with Crippen LogP contribution in [-0.4, -0.2) is 48.1 Å². The number of carbonyl (C=O) groups is 3. The monoisotopic (exact) mass is 399 g/mol. The first-order valence-corrected chi connectivity index (χ1v) is 10.3. The van der Waals surface area contributed by atoms with E-state index < -0.39 is 12.1 Å². The molecule has 1 aliphatic carbocycles. The third-order valence-electron chi connectivity index (χ3n) is 5.42. The first-order chi connectivity index (χ1) is 14.0. The van der Waals surface area contributed by atoms with Crippen LogP contribution in [-0.2, 0) is 14.4 Å². The van der Waals surface area contributed by atoms with E-state index in [0.29, 0.717) is 31.7 Å².